The molecule has 5 heteroatoms. The van der Waals surface area contributed by atoms with Gasteiger partial charge in [-0.05, 0) is 17.7 Å². The summed E-state index contributed by atoms with van der Waals surface area (Å²) in [5.74, 6) is -1.20. The van der Waals surface area contributed by atoms with Gasteiger partial charge in [0, 0.05) is 16.6 Å². The third-order valence-electron chi connectivity index (χ3n) is 1.52. The van der Waals surface area contributed by atoms with Crippen LogP contribution in [0, 0.1) is 0 Å². The second-order valence-electron chi connectivity index (χ2n) is 2.79. The zero-order chi connectivity index (χ0) is 10.6. The van der Waals surface area contributed by atoms with Gasteiger partial charge in [-0.3, -0.25) is 9.00 Å². The molecule has 0 amide bonds. The molecular weight excluding hydrogens is 204 g/mol. The van der Waals surface area contributed by atoms with Crippen LogP contribution in [-0.4, -0.2) is 26.1 Å². The Balaban J connectivity index is 2.60. The van der Waals surface area contributed by atoms with Crippen LogP contribution in [0.2, 0.25) is 0 Å². The average Bonchev–Trinajstić information content (AvgIpc) is 2.01. The van der Waals surface area contributed by atoms with Crippen molar-refractivity contribution in [2.45, 2.75) is 5.75 Å². The molecule has 0 saturated carbocycles. The van der Waals surface area contributed by atoms with Crippen molar-refractivity contribution in [1.29, 1.82) is 0 Å². The van der Waals surface area contributed by atoms with Crippen LogP contribution >= 0.6 is 0 Å². The van der Waals surface area contributed by atoms with Crippen molar-refractivity contribution in [2.24, 2.45) is 0 Å². The fraction of sp³-hybridized carbons (Fsp3) is 0.222. The van der Waals surface area contributed by atoms with Crippen molar-refractivity contribution in [1.82, 2.24) is 0 Å². The standard InChI is InChI=1S/C9H10O4S/c10-8-3-1-2-7(4-8)5-14(13)6-9(11)12/h1-4,10H,5-6H2,(H,11,12). The molecule has 0 saturated heterocycles. The van der Waals surface area contributed by atoms with E-state index in [1.807, 2.05) is 0 Å². The number of rotatable bonds is 4. The molecule has 1 aromatic carbocycles. The molecule has 0 aromatic heterocycles. The molecule has 0 heterocycles. The van der Waals surface area contributed by atoms with Crippen molar-refractivity contribution in [3.8, 4) is 5.75 Å². The van der Waals surface area contributed by atoms with Gasteiger partial charge in [0.15, 0.2) is 0 Å². The monoisotopic (exact) mass is 214 g/mol. The summed E-state index contributed by atoms with van der Waals surface area (Å²) in [6.07, 6.45) is 0. The number of aromatic hydroxyl groups is 1. The van der Waals surface area contributed by atoms with Gasteiger partial charge in [0.25, 0.3) is 0 Å². The Hall–Kier alpha value is -1.36. The lowest BCUT2D eigenvalue weighted by Gasteiger charge is -2.00. The highest BCUT2D eigenvalue weighted by atomic mass is 32.2. The molecule has 0 spiro atoms. The summed E-state index contributed by atoms with van der Waals surface area (Å²) in [5.41, 5.74) is 0.671. The second kappa shape index (κ2) is 4.76. The SMILES string of the molecule is O=C(O)CS(=O)Cc1cccc(O)c1. The first kappa shape index (κ1) is 10.7. The van der Waals surface area contributed by atoms with Gasteiger partial charge < -0.3 is 10.2 Å². The van der Waals surface area contributed by atoms with E-state index in [4.69, 9.17) is 10.2 Å². The normalized spacial score (nSPS) is 12.3. The Morgan fingerprint density at radius 1 is 1.43 bits per heavy atom. The van der Waals surface area contributed by atoms with Crippen LogP contribution < -0.4 is 0 Å². The van der Waals surface area contributed by atoms with E-state index in [1.54, 1.807) is 12.1 Å². The Kier molecular flexibility index (Phi) is 3.64. The minimum Gasteiger partial charge on any atom is -0.508 e. The minimum atomic E-state index is -1.42. The molecule has 1 aromatic rings. The maximum absolute atomic E-state index is 11.2. The number of carbonyl (C=O) groups is 1. The van der Waals surface area contributed by atoms with Crippen LogP contribution in [0.1, 0.15) is 5.56 Å². The lowest BCUT2D eigenvalue weighted by molar-refractivity contribution is -0.133. The van der Waals surface area contributed by atoms with Gasteiger partial charge in [-0.2, -0.15) is 0 Å². The van der Waals surface area contributed by atoms with Gasteiger partial charge in [-0.25, -0.2) is 0 Å². The fourth-order valence-electron chi connectivity index (χ4n) is 1.02. The molecule has 2 N–H and O–H groups in total. The van der Waals surface area contributed by atoms with E-state index in [0.29, 0.717) is 5.56 Å². The molecule has 4 nitrogen and oxygen atoms in total. The molecule has 0 fully saturated rings. The summed E-state index contributed by atoms with van der Waals surface area (Å²) in [6, 6.07) is 6.30. The predicted octanol–water partition coefficient (Wildman–Crippen LogP) is 0.726. The number of carboxylic acids is 1. The molecule has 76 valence electrons. The van der Waals surface area contributed by atoms with Crippen molar-refractivity contribution in [3.05, 3.63) is 29.8 Å². The Morgan fingerprint density at radius 2 is 2.14 bits per heavy atom. The summed E-state index contributed by atoms with van der Waals surface area (Å²) in [6.45, 7) is 0. The van der Waals surface area contributed by atoms with Gasteiger partial charge in [-0.1, -0.05) is 12.1 Å². The molecule has 0 bridgehead atoms. The lowest BCUT2D eigenvalue weighted by atomic mass is 10.2. The number of hydrogen-bond donors (Lipinski definition) is 2. The summed E-state index contributed by atoms with van der Waals surface area (Å²) in [4.78, 5) is 10.2. The first-order chi connectivity index (χ1) is 6.58. The largest absolute Gasteiger partial charge is 0.508 e. The first-order valence-electron chi connectivity index (χ1n) is 3.92. The van der Waals surface area contributed by atoms with Crippen LogP contribution in [0.4, 0.5) is 0 Å². The predicted molar refractivity (Wildman–Crippen MR) is 52.5 cm³/mol. The van der Waals surface area contributed by atoms with Gasteiger partial charge in [0.05, 0.1) is 0 Å². The minimum absolute atomic E-state index is 0.0924. The molecule has 1 atom stereocenters. The molecule has 1 unspecified atom stereocenters. The van der Waals surface area contributed by atoms with Crippen LogP contribution in [0.5, 0.6) is 5.75 Å². The molecule has 0 radical (unpaired) electrons. The van der Waals surface area contributed by atoms with Gasteiger partial charge >= 0.3 is 5.97 Å². The third kappa shape index (κ3) is 3.57. The van der Waals surface area contributed by atoms with Crippen molar-refractivity contribution >= 4 is 16.8 Å². The van der Waals surface area contributed by atoms with Crippen molar-refractivity contribution < 1.29 is 19.2 Å². The molecule has 14 heavy (non-hydrogen) atoms. The van der Waals surface area contributed by atoms with Crippen LogP contribution in [0.25, 0.3) is 0 Å². The summed E-state index contributed by atoms with van der Waals surface area (Å²) >= 11 is 0. The van der Waals surface area contributed by atoms with E-state index in [1.165, 1.54) is 12.1 Å². The van der Waals surface area contributed by atoms with E-state index < -0.39 is 16.8 Å². The number of phenolic OH excluding ortho intramolecular Hbond substituents is 1. The lowest BCUT2D eigenvalue weighted by Crippen LogP contribution is -2.10. The van der Waals surface area contributed by atoms with Gasteiger partial charge in [0.2, 0.25) is 0 Å². The number of carboxylic acid groups (broad SMARTS) is 1. The summed E-state index contributed by atoms with van der Waals surface area (Å²) in [5, 5.41) is 17.5. The third-order valence-corrected chi connectivity index (χ3v) is 2.75. The Labute approximate surface area is 83.7 Å². The highest BCUT2D eigenvalue weighted by Gasteiger charge is 2.06. The molecular formula is C9H10O4S. The van der Waals surface area contributed by atoms with Gasteiger partial charge in [0.1, 0.15) is 11.5 Å². The first-order valence-corrected chi connectivity index (χ1v) is 5.41. The van der Waals surface area contributed by atoms with Crippen LogP contribution in [-0.2, 0) is 21.3 Å². The van der Waals surface area contributed by atoms with E-state index in [2.05, 4.69) is 0 Å². The highest BCUT2D eigenvalue weighted by molar-refractivity contribution is 7.84. The maximum atomic E-state index is 11.2. The van der Waals surface area contributed by atoms with Crippen molar-refractivity contribution in [3.63, 3.8) is 0 Å². The Morgan fingerprint density at radius 3 is 2.71 bits per heavy atom. The average molecular weight is 214 g/mol. The highest BCUT2D eigenvalue weighted by Crippen LogP contribution is 2.12. The van der Waals surface area contributed by atoms with E-state index in [-0.39, 0.29) is 17.3 Å². The quantitative estimate of drug-likeness (QED) is 0.774. The van der Waals surface area contributed by atoms with Crippen LogP contribution in [0.15, 0.2) is 24.3 Å². The number of phenols is 1. The number of aliphatic carboxylic acids is 1. The zero-order valence-electron chi connectivity index (χ0n) is 7.34. The van der Waals surface area contributed by atoms with Crippen LogP contribution in [0.3, 0.4) is 0 Å². The molecule has 0 aliphatic heterocycles. The van der Waals surface area contributed by atoms with Crippen molar-refractivity contribution in [2.75, 3.05) is 5.75 Å². The smallest absolute Gasteiger partial charge is 0.316 e. The molecule has 0 aliphatic rings. The van der Waals surface area contributed by atoms with E-state index >= 15 is 0 Å². The number of hydrogen-bond acceptors (Lipinski definition) is 3. The maximum Gasteiger partial charge on any atom is 0.316 e. The van der Waals surface area contributed by atoms with Gasteiger partial charge in [-0.15, -0.1) is 0 Å². The van der Waals surface area contributed by atoms with E-state index in [0.717, 1.165) is 0 Å². The summed E-state index contributed by atoms with van der Waals surface area (Å²) in [7, 11) is -1.42. The second-order valence-corrected chi connectivity index (χ2v) is 4.25. The number of benzene rings is 1. The molecule has 0 aliphatic carbocycles. The molecule has 1 rings (SSSR count). The topological polar surface area (TPSA) is 74.6 Å². The zero-order valence-corrected chi connectivity index (χ0v) is 8.16. The van der Waals surface area contributed by atoms with E-state index in [9.17, 15) is 9.00 Å². The fourth-order valence-corrected chi connectivity index (χ4v) is 1.95. The summed E-state index contributed by atoms with van der Waals surface area (Å²) < 4.78 is 11.2. The Bertz CT molecular complexity index is 362.